The highest BCUT2D eigenvalue weighted by atomic mass is 14.8. The molecule has 2 rings (SSSR count). The Kier molecular flexibility index (Phi) is 3.05. The van der Waals surface area contributed by atoms with Crippen LogP contribution in [0.15, 0.2) is 48.9 Å². The molecule has 3 nitrogen and oxygen atoms in total. The maximum atomic E-state index is 6.04. The van der Waals surface area contributed by atoms with Crippen LogP contribution in [-0.4, -0.2) is 9.97 Å². The first-order chi connectivity index (χ1) is 7.36. The van der Waals surface area contributed by atoms with Gasteiger partial charge in [-0.3, -0.25) is 9.97 Å². The molecule has 0 fully saturated rings. The van der Waals surface area contributed by atoms with Gasteiger partial charge < -0.3 is 5.73 Å². The lowest BCUT2D eigenvalue weighted by Gasteiger charge is -2.10. The summed E-state index contributed by atoms with van der Waals surface area (Å²) >= 11 is 0. The number of hydrogen-bond donors (Lipinski definition) is 1. The Hall–Kier alpha value is -1.74. The zero-order chi connectivity index (χ0) is 10.5. The average molecular weight is 199 g/mol. The molecule has 76 valence electrons. The van der Waals surface area contributed by atoms with Crippen molar-refractivity contribution < 1.29 is 0 Å². The van der Waals surface area contributed by atoms with Crippen LogP contribution in [0.3, 0.4) is 0 Å². The summed E-state index contributed by atoms with van der Waals surface area (Å²) in [5.74, 6) is 0. The lowest BCUT2D eigenvalue weighted by molar-refractivity contribution is 0.696. The van der Waals surface area contributed by atoms with Gasteiger partial charge in [-0.25, -0.2) is 0 Å². The number of rotatable bonds is 3. The molecule has 0 amide bonds. The summed E-state index contributed by atoms with van der Waals surface area (Å²) in [4.78, 5) is 8.20. The molecule has 0 aromatic carbocycles. The van der Waals surface area contributed by atoms with Gasteiger partial charge in [-0.1, -0.05) is 6.07 Å². The maximum absolute atomic E-state index is 6.04. The first-order valence-corrected chi connectivity index (χ1v) is 4.91. The molecule has 0 aliphatic heterocycles. The van der Waals surface area contributed by atoms with E-state index in [1.807, 2.05) is 30.3 Å². The summed E-state index contributed by atoms with van der Waals surface area (Å²) in [6.45, 7) is 0. The average Bonchev–Trinajstić information content (AvgIpc) is 2.31. The van der Waals surface area contributed by atoms with Crippen LogP contribution in [0, 0.1) is 0 Å². The van der Waals surface area contributed by atoms with E-state index in [0.29, 0.717) is 0 Å². The Morgan fingerprint density at radius 3 is 2.53 bits per heavy atom. The Morgan fingerprint density at radius 2 is 1.87 bits per heavy atom. The molecule has 2 aromatic heterocycles. The molecule has 0 saturated heterocycles. The van der Waals surface area contributed by atoms with Crippen LogP contribution >= 0.6 is 0 Å². The quantitative estimate of drug-likeness (QED) is 0.818. The number of pyridine rings is 2. The number of aromatic nitrogens is 2. The van der Waals surface area contributed by atoms with Crippen molar-refractivity contribution in [3.05, 3.63) is 60.2 Å². The molecule has 15 heavy (non-hydrogen) atoms. The number of hydrogen-bond acceptors (Lipinski definition) is 3. The highest BCUT2D eigenvalue weighted by Crippen LogP contribution is 2.12. The molecule has 3 heteroatoms. The minimum atomic E-state index is -0.0476. The molecule has 2 N–H and O–H groups in total. The standard InChI is InChI=1S/C12H13N3/c13-11(12-3-1-2-6-15-12)9-10-4-7-14-8-5-10/h1-8,11H,9,13H2/t11-/m0/s1. The van der Waals surface area contributed by atoms with Crippen LogP contribution in [-0.2, 0) is 6.42 Å². The summed E-state index contributed by atoms with van der Waals surface area (Å²) in [7, 11) is 0. The van der Waals surface area contributed by atoms with E-state index in [1.54, 1.807) is 18.6 Å². The molecule has 1 atom stereocenters. The predicted octanol–water partition coefficient (Wildman–Crippen LogP) is 1.72. The van der Waals surface area contributed by atoms with Gasteiger partial charge in [-0.2, -0.15) is 0 Å². The van der Waals surface area contributed by atoms with Crippen LogP contribution in [0.5, 0.6) is 0 Å². The summed E-state index contributed by atoms with van der Waals surface area (Å²) in [5.41, 5.74) is 8.15. The fourth-order valence-corrected chi connectivity index (χ4v) is 1.47. The van der Waals surface area contributed by atoms with Gasteiger partial charge in [-0.05, 0) is 36.2 Å². The van der Waals surface area contributed by atoms with Crippen LogP contribution in [0.1, 0.15) is 17.3 Å². The molecule has 0 aliphatic carbocycles. The van der Waals surface area contributed by atoms with Gasteiger partial charge in [-0.15, -0.1) is 0 Å². The van der Waals surface area contributed by atoms with Crippen LogP contribution in [0.2, 0.25) is 0 Å². The third kappa shape index (κ3) is 2.60. The molecule has 0 radical (unpaired) electrons. The lowest BCUT2D eigenvalue weighted by Crippen LogP contribution is -2.14. The second kappa shape index (κ2) is 4.66. The SMILES string of the molecule is N[C@@H](Cc1ccncc1)c1ccccn1. The van der Waals surface area contributed by atoms with Gasteiger partial charge >= 0.3 is 0 Å². The van der Waals surface area contributed by atoms with Gasteiger partial charge in [0.25, 0.3) is 0 Å². The van der Waals surface area contributed by atoms with Crippen molar-refractivity contribution in [2.75, 3.05) is 0 Å². The van der Waals surface area contributed by atoms with Gasteiger partial charge in [0.1, 0.15) is 0 Å². The normalized spacial score (nSPS) is 12.3. The van der Waals surface area contributed by atoms with E-state index in [4.69, 9.17) is 5.73 Å². The highest BCUT2D eigenvalue weighted by molar-refractivity contribution is 5.16. The Balaban J connectivity index is 2.08. The van der Waals surface area contributed by atoms with E-state index in [1.165, 1.54) is 5.56 Å². The van der Waals surface area contributed by atoms with Crippen molar-refractivity contribution in [3.63, 3.8) is 0 Å². The highest BCUT2D eigenvalue weighted by Gasteiger charge is 2.07. The molecule has 0 unspecified atom stereocenters. The molecule has 0 aliphatic rings. The first kappa shape index (κ1) is 9.80. The van der Waals surface area contributed by atoms with E-state index in [2.05, 4.69) is 9.97 Å². The van der Waals surface area contributed by atoms with Crippen LogP contribution in [0.25, 0.3) is 0 Å². The third-order valence-electron chi connectivity index (χ3n) is 2.27. The zero-order valence-electron chi connectivity index (χ0n) is 8.38. The Bertz CT molecular complexity index is 400. The van der Waals surface area contributed by atoms with Gasteiger partial charge in [0.05, 0.1) is 11.7 Å². The monoisotopic (exact) mass is 199 g/mol. The predicted molar refractivity (Wildman–Crippen MR) is 59.1 cm³/mol. The molecule has 0 bridgehead atoms. The minimum Gasteiger partial charge on any atom is -0.322 e. The molecule has 0 saturated carbocycles. The van der Waals surface area contributed by atoms with Crippen molar-refractivity contribution in [2.24, 2.45) is 5.73 Å². The largest absolute Gasteiger partial charge is 0.322 e. The third-order valence-corrected chi connectivity index (χ3v) is 2.27. The first-order valence-electron chi connectivity index (χ1n) is 4.91. The summed E-state index contributed by atoms with van der Waals surface area (Å²) in [6, 6.07) is 9.70. The van der Waals surface area contributed by atoms with Crippen molar-refractivity contribution in [3.8, 4) is 0 Å². The van der Waals surface area contributed by atoms with E-state index >= 15 is 0 Å². The molecular formula is C12H13N3. The van der Waals surface area contributed by atoms with Crippen molar-refractivity contribution >= 4 is 0 Å². The van der Waals surface area contributed by atoms with E-state index in [9.17, 15) is 0 Å². The fourth-order valence-electron chi connectivity index (χ4n) is 1.47. The second-order valence-corrected chi connectivity index (χ2v) is 3.42. The Morgan fingerprint density at radius 1 is 1.07 bits per heavy atom. The second-order valence-electron chi connectivity index (χ2n) is 3.42. The Labute approximate surface area is 89.0 Å². The summed E-state index contributed by atoms with van der Waals surface area (Å²) in [6.07, 6.45) is 6.11. The van der Waals surface area contributed by atoms with Gasteiger partial charge in [0.15, 0.2) is 0 Å². The van der Waals surface area contributed by atoms with Gasteiger partial charge in [0, 0.05) is 18.6 Å². The summed E-state index contributed by atoms with van der Waals surface area (Å²) in [5, 5.41) is 0. The van der Waals surface area contributed by atoms with Crippen molar-refractivity contribution in [1.82, 2.24) is 9.97 Å². The lowest BCUT2D eigenvalue weighted by atomic mass is 10.1. The molecule has 2 aromatic rings. The van der Waals surface area contributed by atoms with Crippen molar-refractivity contribution in [1.29, 1.82) is 0 Å². The van der Waals surface area contributed by atoms with Crippen LogP contribution in [0.4, 0.5) is 0 Å². The molecule has 0 spiro atoms. The maximum Gasteiger partial charge on any atom is 0.0574 e. The summed E-state index contributed by atoms with van der Waals surface area (Å²) < 4.78 is 0. The zero-order valence-corrected chi connectivity index (χ0v) is 8.38. The van der Waals surface area contributed by atoms with Gasteiger partial charge in [0.2, 0.25) is 0 Å². The minimum absolute atomic E-state index is 0.0476. The van der Waals surface area contributed by atoms with Crippen LogP contribution < -0.4 is 5.73 Å². The number of nitrogens with two attached hydrogens (primary N) is 1. The molecular weight excluding hydrogens is 186 g/mol. The molecule has 2 heterocycles. The van der Waals surface area contributed by atoms with E-state index in [0.717, 1.165) is 12.1 Å². The number of nitrogens with zero attached hydrogens (tertiary/aromatic N) is 2. The van der Waals surface area contributed by atoms with E-state index in [-0.39, 0.29) is 6.04 Å². The smallest absolute Gasteiger partial charge is 0.0574 e. The van der Waals surface area contributed by atoms with Crippen molar-refractivity contribution in [2.45, 2.75) is 12.5 Å². The topological polar surface area (TPSA) is 51.8 Å². The van der Waals surface area contributed by atoms with E-state index < -0.39 is 0 Å². The fraction of sp³-hybridized carbons (Fsp3) is 0.167.